The van der Waals surface area contributed by atoms with Gasteiger partial charge in [0.2, 0.25) is 5.91 Å². The molecule has 4 aliphatic rings. The van der Waals surface area contributed by atoms with Crippen molar-refractivity contribution in [1.29, 1.82) is 0 Å². The monoisotopic (exact) mass is 455 g/mol. The first-order valence-corrected chi connectivity index (χ1v) is 10.8. The molecule has 8 heteroatoms. The second-order valence-electron chi connectivity index (χ2n) is 8.59. The molecule has 5 nitrogen and oxygen atoms in total. The van der Waals surface area contributed by atoms with Crippen LogP contribution in [0, 0.1) is 5.92 Å². The van der Waals surface area contributed by atoms with Crippen LogP contribution in [0.4, 0.5) is 18.9 Å². The molecule has 2 saturated heterocycles. The smallest absolute Gasteiger partial charge is 0.416 e. The van der Waals surface area contributed by atoms with E-state index in [-0.39, 0.29) is 36.6 Å². The van der Waals surface area contributed by atoms with Crippen molar-refractivity contribution in [1.82, 2.24) is 0 Å². The van der Waals surface area contributed by atoms with Crippen LogP contribution in [0.5, 0.6) is 0 Å². The van der Waals surface area contributed by atoms with Gasteiger partial charge in [0.25, 0.3) is 0 Å². The molecule has 0 radical (unpaired) electrons. The zero-order valence-electron chi connectivity index (χ0n) is 17.5. The zero-order valence-corrected chi connectivity index (χ0v) is 17.5. The summed E-state index contributed by atoms with van der Waals surface area (Å²) < 4.78 is 58.4. The molecule has 0 N–H and O–H groups in total. The van der Waals surface area contributed by atoms with Gasteiger partial charge in [-0.15, -0.1) is 0 Å². The Morgan fingerprint density at radius 2 is 1.67 bits per heavy atom. The minimum Gasteiger partial charge on any atom is -0.486 e. The number of hydrogen-bond donors (Lipinski definition) is 0. The van der Waals surface area contributed by atoms with Crippen molar-refractivity contribution in [2.75, 3.05) is 24.7 Å². The van der Waals surface area contributed by atoms with Crippen molar-refractivity contribution in [3.63, 3.8) is 0 Å². The fraction of sp³-hybridized carbons (Fsp3) is 0.320. The number of nitrogens with zero attached hydrogens (tertiary/aromatic N) is 1. The normalized spacial score (nSPS) is 27.8. The van der Waals surface area contributed by atoms with E-state index >= 15 is 0 Å². The molecule has 0 aromatic heterocycles. The van der Waals surface area contributed by atoms with E-state index in [0.717, 1.165) is 11.6 Å². The number of amides is 1. The van der Waals surface area contributed by atoms with Crippen molar-refractivity contribution in [2.24, 2.45) is 5.92 Å². The summed E-state index contributed by atoms with van der Waals surface area (Å²) in [6, 6.07) is 12.6. The lowest BCUT2D eigenvalue weighted by Gasteiger charge is -2.33. The van der Waals surface area contributed by atoms with Gasteiger partial charge >= 0.3 is 6.18 Å². The van der Waals surface area contributed by atoms with Crippen LogP contribution in [0.1, 0.15) is 16.7 Å². The standard InChI is InChI=1S/C25H20F3NO4/c26-25(27,28)16-6-2-1-5-15(16)13-29-19-8-4-3-7-17(19)24(23(29)30)14-33-20-12-22-21(11-18(20)24)31-9-10-32-22/h1-8,11-12,18,20H,9-10,13-14H2/t18?,20?,24-/m1/s1. The lowest BCUT2D eigenvalue weighted by molar-refractivity contribution is -0.138. The maximum atomic E-state index is 14.0. The summed E-state index contributed by atoms with van der Waals surface area (Å²) in [6.07, 6.45) is -1.17. The van der Waals surface area contributed by atoms with Crippen molar-refractivity contribution in [2.45, 2.75) is 24.2 Å². The van der Waals surface area contributed by atoms with Gasteiger partial charge in [-0.2, -0.15) is 13.2 Å². The molecule has 3 atom stereocenters. The summed E-state index contributed by atoms with van der Waals surface area (Å²) in [4.78, 5) is 15.5. The Hall–Kier alpha value is -3.26. The topological polar surface area (TPSA) is 48.0 Å². The molecule has 170 valence electrons. The van der Waals surface area contributed by atoms with Crippen LogP contribution < -0.4 is 4.90 Å². The van der Waals surface area contributed by atoms with Gasteiger partial charge in [-0.25, -0.2) is 0 Å². The first kappa shape index (κ1) is 20.4. The third-order valence-corrected chi connectivity index (χ3v) is 6.87. The first-order valence-electron chi connectivity index (χ1n) is 10.8. The van der Waals surface area contributed by atoms with Gasteiger partial charge < -0.3 is 19.1 Å². The first-order chi connectivity index (χ1) is 15.9. The van der Waals surface area contributed by atoms with Crippen LogP contribution in [0.3, 0.4) is 0 Å². The van der Waals surface area contributed by atoms with Crippen LogP contribution in [0.2, 0.25) is 0 Å². The van der Waals surface area contributed by atoms with Crippen LogP contribution >= 0.6 is 0 Å². The average molecular weight is 455 g/mol. The molecule has 2 aromatic rings. The Bertz CT molecular complexity index is 1200. The minimum absolute atomic E-state index is 0.0499. The summed E-state index contributed by atoms with van der Waals surface area (Å²) in [5.41, 5.74) is -0.356. The molecule has 2 unspecified atom stereocenters. The van der Waals surface area contributed by atoms with E-state index in [1.165, 1.54) is 17.0 Å². The van der Waals surface area contributed by atoms with Crippen molar-refractivity contribution in [3.8, 4) is 0 Å². The van der Waals surface area contributed by atoms with E-state index in [1.807, 2.05) is 24.3 Å². The summed E-state index contributed by atoms with van der Waals surface area (Å²) >= 11 is 0. The molecule has 2 fully saturated rings. The summed E-state index contributed by atoms with van der Waals surface area (Å²) in [6.45, 7) is 0.810. The second kappa shape index (κ2) is 7.12. The summed E-state index contributed by atoms with van der Waals surface area (Å²) in [7, 11) is 0. The van der Waals surface area contributed by atoms with Crippen molar-refractivity contribution in [3.05, 3.63) is 88.9 Å². The molecule has 0 bridgehead atoms. The molecule has 2 aromatic carbocycles. The van der Waals surface area contributed by atoms with Crippen LogP contribution in [0.25, 0.3) is 0 Å². The Balaban J connectivity index is 1.43. The summed E-state index contributed by atoms with van der Waals surface area (Å²) in [5, 5.41) is 0. The van der Waals surface area contributed by atoms with Crippen LogP contribution in [-0.2, 0) is 37.1 Å². The number of hydrogen-bond acceptors (Lipinski definition) is 4. The number of ether oxygens (including phenoxy) is 3. The van der Waals surface area contributed by atoms with Gasteiger partial charge in [0, 0.05) is 11.6 Å². The van der Waals surface area contributed by atoms with Crippen molar-refractivity contribution >= 4 is 11.6 Å². The number of alkyl halides is 3. The number of para-hydroxylation sites is 1. The highest BCUT2D eigenvalue weighted by atomic mass is 19.4. The maximum Gasteiger partial charge on any atom is 0.416 e. The highest BCUT2D eigenvalue weighted by Crippen LogP contribution is 2.54. The highest BCUT2D eigenvalue weighted by molar-refractivity contribution is 6.09. The molecular formula is C25H20F3NO4. The number of fused-ring (bicyclic) bond motifs is 5. The van der Waals surface area contributed by atoms with E-state index in [2.05, 4.69) is 0 Å². The Morgan fingerprint density at radius 3 is 2.45 bits per heavy atom. The molecule has 1 aliphatic carbocycles. The average Bonchev–Trinajstić information content (AvgIpc) is 3.29. The van der Waals surface area contributed by atoms with Gasteiger partial charge in [0.05, 0.1) is 24.8 Å². The largest absolute Gasteiger partial charge is 0.486 e. The number of anilines is 1. The molecule has 1 spiro atoms. The Morgan fingerprint density at radius 1 is 0.970 bits per heavy atom. The number of benzene rings is 2. The fourth-order valence-corrected chi connectivity index (χ4v) is 5.39. The Labute approximate surface area is 188 Å². The lowest BCUT2D eigenvalue weighted by Crippen LogP contribution is -2.46. The minimum atomic E-state index is -4.51. The third-order valence-electron chi connectivity index (χ3n) is 6.87. The van der Waals surface area contributed by atoms with E-state index in [0.29, 0.717) is 30.4 Å². The molecular weight excluding hydrogens is 435 g/mol. The van der Waals surface area contributed by atoms with E-state index in [9.17, 15) is 18.0 Å². The zero-order chi connectivity index (χ0) is 22.8. The van der Waals surface area contributed by atoms with Crippen LogP contribution in [0.15, 0.2) is 72.2 Å². The lowest BCUT2D eigenvalue weighted by atomic mass is 9.69. The molecule has 3 aliphatic heterocycles. The van der Waals surface area contributed by atoms with Gasteiger partial charge in [-0.3, -0.25) is 4.79 Å². The van der Waals surface area contributed by atoms with Gasteiger partial charge in [0.15, 0.2) is 11.5 Å². The molecule has 6 rings (SSSR count). The van der Waals surface area contributed by atoms with Gasteiger partial charge in [-0.1, -0.05) is 36.4 Å². The molecule has 3 heterocycles. The molecule has 0 saturated carbocycles. The number of carbonyl (C=O) groups excluding carboxylic acids is 1. The SMILES string of the molecule is O=C1N(Cc2ccccc2C(F)(F)F)c2ccccc2[C@@]12COC1C=C3OCCOC3=CC12. The third kappa shape index (κ3) is 2.93. The molecule has 1 amide bonds. The summed E-state index contributed by atoms with van der Waals surface area (Å²) in [5.74, 6) is 0.570. The highest BCUT2D eigenvalue weighted by Gasteiger charge is 2.62. The van der Waals surface area contributed by atoms with E-state index in [4.69, 9.17) is 14.2 Å². The number of rotatable bonds is 2. The number of carbonyl (C=O) groups is 1. The van der Waals surface area contributed by atoms with Crippen molar-refractivity contribution < 1.29 is 32.2 Å². The maximum absolute atomic E-state index is 14.0. The fourth-order valence-electron chi connectivity index (χ4n) is 5.39. The predicted molar refractivity (Wildman–Crippen MR) is 112 cm³/mol. The predicted octanol–water partition coefficient (Wildman–Crippen LogP) is 4.33. The quantitative estimate of drug-likeness (QED) is 0.677. The van der Waals surface area contributed by atoms with Gasteiger partial charge in [0.1, 0.15) is 18.6 Å². The van der Waals surface area contributed by atoms with E-state index < -0.39 is 17.2 Å². The molecule has 33 heavy (non-hydrogen) atoms. The van der Waals surface area contributed by atoms with E-state index in [1.54, 1.807) is 18.2 Å². The van der Waals surface area contributed by atoms with Gasteiger partial charge in [-0.05, 0) is 35.4 Å². The van der Waals surface area contributed by atoms with Crippen LogP contribution in [-0.4, -0.2) is 31.8 Å². The second-order valence-corrected chi connectivity index (χ2v) is 8.59. The Kier molecular flexibility index (Phi) is 4.39. The number of halogens is 3.